The summed E-state index contributed by atoms with van der Waals surface area (Å²) in [5.41, 5.74) is 0. The summed E-state index contributed by atoms with van der Waals surface area (Å²) in [5.74, 6) is 0. The van der Waals surface area contributed by atoms with Gasteiger partial charge in [-0.2, -0.15) is 12.8 Å². The van der Waals surface area contributed by atoms with Crippen molar-refractivity contribution in [2.45, 2.75) is 182 Å². The molecule has 0 amide bonds. The van der Waals surface area contributed by atoms with Crippen LogP contribution in [0, 0.1) is 13.8 Å². The Morgan fingerprint density at radius 3 is 0.778 bits per heavy atom. The number of unbranched alkanes of at least 4 members (excludes halogenated alkanes) is 20. The Bertz CT molecular complexity index is 228. The molecule has 0 aromatic carbocycles. The molecule has 4 heteroatoms. The van der Waals surface area contributed by atoms with Gasteiger partial charge in [-0.1, -0.05) is 156 Å². The van der Waals surface area contributed by atoms with Crippen LogP contribution in [0.5, 0.6) is 0 Å². The van der Waals surface area contributed by atoms with Gasteiger partial charge in [-0.15, -0.1) is 0 Å². The normalized spacial score (nSPS) is 9.50. The number of aliphatic hydroxyl groups is 2. The van der Waals surface area contributed by atoms with Gasteiger partial charge in [-0.3, -0.25) is 0 Å². The summed E-state index contributed by atoms with van der Waals surface area (Å²) in [7, 11) is 0. The van der Waals surface area contributed by atoms with Crippen LogP contribution in [0.15, 0.2) is 0 Å². The van der Waals surface area contributed by atoms with E-state index >= 15 is 0 Å². The SMILES string of the molecule is CCCCCCCCO.CCCCCCCCO.[CH2-]CCCCCCC.[CH2-]CCCCCCC.[O]=[Ti+2]. The second-order valence-electron chi connectivity index (χ2n) is 9.52. The van der Waals surface area contributed by atoms with Crippen LogP contribution in [0.25, 0.3) is 0 Å². The third-order valence-electron chi connectivity index (χ3n) is 5.73. The van der Waals surface area contributed by atoms with Crippen LogP contribution in [0.1, 0.15) is 182 Å². The van der Waals surface area contributed by atoms with E-state index in [1.807, 2.05) is 0 Å². The van der Waals surface area contributed by atoms with E-state index in [1.165, 1.54) is 128 Å². The minimum atomic E-state index is 0.367. The predicted molar refractivity (Wildman–Crippen MR) is 159 cm³/mol. The van der Waals surface area contributed by atoms with Crippen molar-refractivity contribution < 1.29 is 33.9 Å². The standard InChI is InChI=1S/2C8H18O.2C8H17.O.Ti/c2*1-2-3-4-5-6-7-8-9;2*1-3-5-7-8-6-4-2;;/h2*9H,2-8H2,1H3;2*1,3-8H2,2H3;;/q;;2*-1;;+2. The van der Waals surface area contributed by atoms with E-state index in [0.29, 0.717) is 13.2 Å². The minimum absolute atomic E-state index is 0.367. The Kier molecular flexibility index (Phi) is 77.3. The summed E-state index contributed by atoms with van der Waals surface area (Å²) < 4.78 is 8.25. The molecule has 0 aromatic rings. The van der Waals surface area contributed by atoms with Gasteiger partial charge in [0.1, 0.15) is 0 Å². The van der Waals surface area contributed by atoms with Gasteiger partial charge >= 0.3 is 23.7 Å². The van der Waals surface area contributed by atoms with Gasteiger partial charge in [0.05, 0.1) is 0 Å². The molecule has 0 spiro atoms. The summed E-state index contributed by atoms with van der Waals surface area (Å²) in [6.45, 7) is 17.2. The molecule has 0 aliphatic carbocycles. The summed E-state index contributed by atoms with van der Waals surface area (Å²) in [4.78, 5) is 0. The number of hydrogen-bond acceptors (Lipinski definition) is 3. The van der Waals surface area contributed by atoms with Gasteiger partial charge < -0.3 is 24.1 Å². The van der Waals surface area contributed by atoms with E-state index in [-0.39, 0.29) is 0 Å². The maximum atomic E-state index is 8.42. The quantitative estimate of drug-likeness (QED) is 0.0800. The average Bonchev–Trinajstić information content (AvgIpc) is 2.91. The van der Waals surface area contributed by atoms with Crippen molar-refractivity contribution in [2.75, 3.05) is 13.2 Å². The number of rotatable bonds is 22. The summed E-state index contributed by atoms with van der Waals surface area (Å²) in [6.07, 6.45) is 30.9. The second-order valence-corrected chi connectivity index (χ2v) is 9.52. The molecular formula is C32H70O3Ti. The fourth-order valence-electron chi connectivity index (χ4n) is 3.34. The molecule has 3 nitrogen and oxygen atoms in total. The van der Waals surface area contributed by atoms with Gasteiger partial charge in [0.15, 0.2) is 0 Å². The molecule has 0 saturated carbocycles. The van der Waals surface area contributed by atoms with E-state index < -0.39 is 0 Å². The first-order valence-electron chi connectivity index (χ1n) is 15.7. The monoisotopic (exact) mass is 550 g/mol. The molecule has 0 fully saturated rings. The molecule has 2 N–H and O–H groups in total. The van der Waals surface area contributed by atoms with Crippen molar-refractivity contribution in [1.82, 2.24) is 0 Å². The van der Waals surface area contributed by atoms with Crippen molar-refractivity contribution >= 4 is 0 Å². The zero-order chi connectivity index (χ0) is 28.4. The van der Waals surface area contributed by atoms with Gasteiger partial charge in [0.2, 0.25) is 0 Å². The van der Waals surface area contributed by atoms with Crippen LogP contribution in [-0.2, 0) is 23.7 Å². The molecule has 36 heavy (non-hydrogen) atoms. The zero-order valence-electron chi connectivity index (χ0n) is 25.6. The maximum absolute atomic E-state index is 8.42. The van der Waals surface area contributed by atoms with Crippen molar-refractivity contribution in [3.63, 3.8) is 0 Å². The van der Waals surface area contributed by atoms with Gasteiger partial charge in [-0.05, 0) is 12.8 Å². The third kappa shape index (κ3) is 76.5. The van der Waals surface area contributed by atoms with Crippen LogP contribution in [0.2, 0.25) is 0 Å². The fourth-order valence-corrected chi connectivity index (χ4v) is 3.34. The first kappa shape index (κ1) is 46.3. The molecule has 0 saturated heterocycles. The van der Waals surface area contributed by atoms with Gasteiger partial charge in [-0.25, -0.2) is 0 Å². The second kappa shape index (κ2) is 60.1. The first-order chi connectivity index (χ1) is 17.7. The molecule has 0 rings (SSSR count). The predicted octanol–water partition coefficient (Wildman–Crippen LogP) is 10.9. The number of aliphatic hydroxyl groups excluding tert-OH is 2. The zero-order valence-corrected chi connectivity index (χ0v) is 27.2. The van der Waals surface area contributed by atoms with Crippen molar-refractivity contribution in [3.05, 3.63) is 13.8 Å². The molecule has 0 atom stereocenters. The molecule has 0 radical (unpaired) electrons. The Hall–Kier alpha value is 0.434. The fraction of sp³-hybridized carbons (Fsp3) is 0.938. The first-order valence-corrected chi connectivity index (χ1v) is 16.3. The Morgan fingerprint density at radius 1 is 0.389 bits per heavy atom. The van der Waals surface area contributed by atoms with Gasteiger partial charge in [0.25, 0.3) is 0 Å². The Labute approximate surface area is 242 Å². The van der Waals surface area contributed by atoms with Crippen molar-refractivity contribution in [2.24, 2.45) is 0 Å². The molecule has 0 unspecified atom stereocenters. The third-order valence-corrected chi connectivity index (χ3v) is 5.73. The number of hydrogen-bond donors (Lipinski definition) is 2. The van der Waals surface area contributed by atoms with E-state index in [9.17, 15) is 0 Å². The van der Waals surface area contributed by atoms with E-state index in [2.05, 4.69) is 41.5 Å². The summed E-state index contributed by atoms with van der Waals surface area (Å²) in [5, 5.41) is 16.8. The molecule has 0 heterocycles. The Balaban J connectivity index is -0.000000116. The molecule has 0 aliphatic heterocycles. The van der Waals surface area contributed by atoms with Crippen LogP contribution in [0.3, 0.4) is 0 Å². The molecule has 0 aliphatic rings. The summed E-state index contributed by atoms with van der Waals surface area (Å²) in [6, 6.07) is 0. The van der Waals surface area contributed by atoms with Crippen molar-refractivity contribution in [3.8, 4) is 0 Å². The van der Waals surface area contributed by atoms with Crippen molar-refractivity contribution in [1.29, 1.82) is 0 Å². The van der Waals surface area contributed by atoms with Crippen LogP contribution < -0.4 is 0 Å². The average molecular weight is 551 g/mol. The molecular weight excluding hydrogens is 480 g/mol. The topological polar surface area (TPSA) is 57.5 Å². The van der Waals surface area contributed by atoms with E-state index in [0.717, 1.165) is 46.1 Å². The van der Waals surface area contributed by atoms with Crippen LogP contribution >= 0.6 is 0 Å². The van der Waals surface area contributed by atoms with E-state index in [1.54, 1.807) is 0 Å². The van der Waals surface area contributed by atoms with Crippen LogP contribution in [0.4, 0.5) is 0 Å². The molecule has 0 aromatic heterocycles. The van der Waals surface area contributed by atoms with Gasteiger partial charge in [0, 0.05) is 13.2 Å². The summed E-state index contributed by atoms with van der Waals surface area (Å²) >= 11 is 0.750. The molecule has 0 bridgehead atoms. The van der Waals surface area contributed by atoms with E-state index in [4.69, 9.17) is 13.5 Å². The Morgan fingerprint density at radius 2 is 0.583 bits per heavy atom. The van der Waals surface area contributed by atoms with Crippen LogP contribution in [-0.4, -0.2) is 23.4 Å². The molecule has 220 valence electrons.